The summed E-state index contributed by atoms with van der Waals surface area (Å²) in [6, 6.07) is 15.8. The Morgan fingerprint density at radius 3 is 2.55 bits per heavy atom. The Balaban J connectivity index is 1.59. The van der Waals surface area contributed by atoms with E-state index < -0.39 is 0 Å². The maximum absolute atomic E-state index is 3.93. The van der Waals surface area contributed by atoms with E-state index in [2.05, 4.69) is 41.7 Å². The summed E-state index contributed by atoms with van der Waals surface area (Å²) in [5.41, 5.74) is 3.02. The molecule has 1 saturated carbocycles. The predicted molar refractivity (Wildman–Crippen MR) is 84.0 cm³/mol. The lowest BCUT2D eigenvalue weighted by molar-refractivity contribution is 0.331. The zero-order chi connectivity index (χ0) is 13.4. The molecule has 2 aromatic rings. The predicted octanol–water partition coefficient (Wildman–Crippen LogP) is 4.03. The van der Waals surface area contributed by atoms with Crippen LogP contribution in [0.3, 0.4) is 0 Å². The maximum atomic E-state index is 3.93. The second-order valence-corrected chi connectivity index (χ2v) is 6.45. The van der Waals surface area contributed by atoms with Crippen LogP contribution >= 0.6 is 0 Å². The van der Waals surface area contributed by atoms with Crippen molar-refractivity contribution in [3.8, 4) is 0 Å². The van der Waals surface area contributed by atoms with Crippen LogP contribution in [0.2, 0.25) is 0 Å². The maximum Gasteiger partial charge on any atom is 0.0151 e. The molecule has 1 heteroatoms. The molecule has 0 saturated heterocycles. The molecule has 1 atom stereocenters. The smallest absolute Gasteiger partial charge is 0.0151 e. The molecule has 1 unspecified atom stereocenters. The normalized spacial score (nSPS) is 20.4. The molecule has 0 amide bonds. The fourth-order valence-electron chi connectivity index (χ4n) is 4.08. The lowest BCUT2D eigenvalue weighted by Crippen LogP contribution is -2.43. The number of hydrogen-bond acceptors (Lipinski definition) is 1. The van der Waals surface area contributed by atoms with E-state index in [9.17, 15) is 0 Å². The number of rotatable bonds is 2. The first-order valence-corrected chi connectivity index (χ1v) is 8.07. The van der Waals surface area contributed by atoms with Gasteiger partial charge in [0.15, 0.2) is 0 Å². The highest BCUT2D eigenvalue weighted by Gasteiger charge is 2.23. The van der Waals surface area contributed by atoms with Crippen LogP contribution in [0.5, 0.6) is 0 Å². The van der Waals surface area contributed by atoms with Gasteiger partial charge in [-0.15, -0.1) is 0 Å². The Bertz CT molecular complexity index is 569. The molecule has 20 heavy (non-hydrogen) atoms. The molecule has 1 radical (unpaired) electrons. The van der Waals surface area contributed by atoms with Crippen molar-refractivity contribution in [3.63, 3.8) is 0 Å². The van der Waals surface area contributed by atoms with E-state index >= 15 is 0 Å². The summed E-state index contributed by atoms with van der Waals surface area (Å²) in [4.78, 5) is 0. The Morgan fingerprint density at radius 2 is 1.70 bits per heavy atom. The monoisotopic (exact) mass is 264 g/mol. The van der Waals surface area contributed by atoms with Crippen LogP contribution in [-0.4, -0.2) is 12.1 Å². The van der Waals surface area contributed by atoms with Crippen LogP contribution in [0.15, 0.2) is 30.3 Å². The molecule has 1 fully saturated rings. The van der Waals surface area contributed by atoms with Gasteiger partial charge in [-0.1, -0.05) is 49.6 Å². The molecule has 4 rings (SSSR count). The van der Waals surface area contributed by atoms with Crippen molar-refractivity contribution in [2.24, 2.45) is 0 Å². The third-order valence-electron chi connectivity index (χ3n) is 5.00. The summed E-state index contributed by atoms with van der Waals surface area (Å²) < 4.78 is 0. The Hall–Kier alpha value is -1.34. The van der Waals surface area contributed by atoms with Gasteiger partial charge >= 0.3 is 0 Å². The zero-order valence-corrected chi connectivity index (χ0v) is 12.0. The summed E-state index contributed by atoms with van der Waals surface area (Å²) in [6.45, 7) is 0. The van der Waals surface area contributed by atoms with Gasteiger partial charge in [-0.3, -0.25) is 0 Å². The van der Waals surface area contributed by atoms with Crippen molar-refractivity contribution in [1.29, 1.82) is 0 Å². The minimum Gasteiger partial charge on any atom is -0.311 e. The van der Waals surface area contributed by atoms with Crippen molar-refractivity contribution >= 4 is 10.8 Å². The van der Waals surface area contributed by atoms with Crippen molar-refractivity contribution < 1.29 is 0 Å². The van der Waals surface area contributed by atoms with Gasteiger partial charge in [-0.25, -0.2) is 0 Å². The van der Waals surface area contributed by atoms with Crippen molar-refractivity contribution in [2.45, 2.75) is 57.0 Å². The van der Waals surface area contributed by atoms with E-state index in [0.29, 0.717) is 6.04 Å². The minimum atomic E-state index is 0.624. The van der Waals surface area contributed by atoms with Crippen LogP contribution in [0, 0.1) is 6.07 Å². The third-order valence-corrected chi connectivity index (χ3v) is 5.00. The first-order chi connectivity index (χ1) is 9.90. The molecular formula is C19H22N. The minimum absolute atomic E-state index is 0.624. The molecule has 0 heterocycles. The molecule has 2 aliphatic carbocycles. The fraction of sp³-hybridized carbons (Fsp3) is 0.474. The van der Waals surface area contributed by atoms with E-state index in [1.165, 1.54) is 66.8 Å². The van der Waals surface area contributed by atoms with Crippen LogP contribution in [-0.2, 0) is 12.8 Å². The molecule has 103 valence electrons. The molecular weight excluding hydrogens is 242 g/mol. The first kappa shape index (κ1) is 12.4. The average Bonchev–Trinajstić information content (AvgIpc) is 2.49. The second kappa shape index (κ2) is 5.21. The van der Waals surface area contributed by atoms with Gasteiger partial charge in [0.2, 0.25) is 0 Å². The fourth-order valence-corrected chi connectivity index (χ4v) is 4.08. The standard InChI is InChI=1S/C19H22N/c1-2-10-17(11-3-1)20-18-12-15-8-4-6-14-7-5-9-16(13-18)19(14)15/h4-6,8-9,17-18,20H,1-3,10-13H2. The van der Waals surface area contributed by atoms with Gasteiger partial charge in [0.25, 0.3) is 0 Å². The SMILES string of the molecule is [c]1ccc2c3c(cccc13)CC(NC1CCCCC1)C2. The highest BCUT2D eigenvalue weighted by atomic mass is 14.9. The number of nitrogens with one attached hydrogen (secondary N) is 1. The van der Waals surface area contributed by atoms with Crippen LogP contribution in [0.25, 0.3) is 10.8 Å². The molecule has 0 aromatic heterocycles. The van der Waals surface area contributed by atoms with E-state index in [4.69, 9.17) is 0 Å². The van der Waals surface area contributed by atoms with Crippen molar-refractivity contribution in [2.75, 3.05) is 0 Å². The lowest BCUT2D eigenvalue weighted by atomic mass is 9.84. The molecule has 0 bridgehead atoms. The summed E-state index contributed by atoms with van der Waals surface area (Å²) >= 11 is 0. The number of hydrogen-bond donors (Lipinski definition) is 1. The Morgan fingerprint density at radius 1 is 0.900 bits per heavy atom. The molecule has 2 aromatic carbocycles. The molecule has 0 spiro atoms. The van der Waals surface area contributed by atoms with E-state index in [1.807, 2.05) is 0 Å². The van der Waals surface area contributed by atoms with Crippen LogP contribution in [0.1, 0.15) is 43.2 Å². The van der Waals surface area contributed by atoms with E-state index in [1.54, 1.807) is 0 Å². The quantitative estimate of drug-likeness (QED) is 0.863. The highest BCUT2D eigenvalue weighted by molar-refractivity contribution is 5.89. The zero-order valence-electron chi connectivity index (χ0n) is 12.0. The molecule has 0 aliphatic heterocycles. The molecule has 1 nitrogen and oxygen atoms in total. The first-order valence-electron chi connectivity index (χ1n) is 8.07. The summed E-state index contributed by atoms with van der Waals surface area (Å²) in [5, 5.41) is 6.69. The van der Waals surface area contributed by atoms with Gasteiger partial charge in [0.1, 0.15) is 0 Å². The van der Waals surface area contributed by atoms with Gasteiger partial charge in [-0.05, 0) is 53.6 Å². The molecule has 2 aliphatic rings. The van der Waals surface area contributed by atoms with Gasteiger partial charge in [0.05, 0.1) is 0 Å². The number of benzene rings is 2. The molecule has 1 N–H and O–H groups in total. The summed E-state index contributed by atoms with van der Waals surface area (Å²) in [5.74, 6) is 0. The average molecular weight is 264 g/mol. The second-order valence-electron chi connectivity index (χ2n) is 6.45. The van der Waals surface area contributed by atoms with Crippen molar-refractivity contribution in [3.05, 3.63) is 47.5 Å². The topological polar surface area (TPSA) is 12.0 Å². The van der Waals surface area contributed by atoms with E-state index in [0.717, 1.165) is 6.04 Å². The van der Waals surface area contributed by atoms with Crippen molar-refractivity contribution in [1.82, 2.24) is 5.32 Å². The summed E-state index contributed by atoms with van der Waals surface area (Å²) in [6.07, 6.45) is 9.35. The van der Waals surface area contributed by atoms with Crippen LogP contribution in [0.4, 0.5) is 0 Å². The Labute approximate surface area is 121 Å². The largest absolute Gasteiger partial charge is 0.311 e. The summed E-state index contributed by atoms with van der Waals surface area (Å²) in [7, 11) is 0. The highest BCUT2D eigenvalue weighted by Crippen LogP contribution is 2.30. The van der Waals surface area contributed by atoms with Gasteiger partial charge in [0, 0.05) is 12.1 Å². The van der Waals surface area contributed by atoms with Gasteiger partial charge in [-0.2, -0.15) is 0 Å². The van der Waals surface area contributed by atoms with Gasteiger partial charge < -0.3 is 5.32 Å². The third kappa shape index (κ3) is 2.25. The van der Waals surface area contributed by atoms with E-state index in [-0.39, 0.29) is 0 Å². The van der Waals surface area contributed by atoms with Crippen LogP contribution < -0.4 is 5.32 Å². The lowest BCUT2D eigenvalue weighted by Gasteiger charge is -2.32. The Kier molecular flexibility index (Phi) is 3.23.